The molecule has 7 nitrogen and oxygen atoms in total. The largest absolute Gasteiger partial charge is 0.477 e. The van der Waals surface area contributed by atoms with Gasteiger partial charge in [0.15, 0.2) is 5.52 Å². The van der Waals surface area contributed by atoms with Crippen LogP contribution in [0.2, 0.25) is 0 Å². The highest BCUT2D eigenvalue weighted by Crippen LogP contribution is 2.48. The molecular formula is C16H15F2N5O2. The first-order chi connectivity index (χ1) is 11.9. The Morgan fingerprint density at radius 3 is 2.84 bits per heavy atom. The number of alkyl halides is 2. The number of nitrogens with zero attached hydrogens (tertiary/aromatic N) is 4. The van der Waals surface area contributed by atoms with E-state index in [0.717, 1.165) is 16.8 Å². The highest BCUT2D eigenvalue weighted by molar-refractivity contribution is 5.85. The molecule has 1 saturated carbocycles. The van der Waals surface area contributed by atoms with Crippen molar-refractivity contribution in [3.8, 4) is 5.88 Å². The molecule has 0 amide bonds. The number of pyridine rings is 2. The van der Waals surface area contributed by atoms with Gasteiger partial charge in [0.1, 0.15) is 0 Å². The van der Waals surface area contributed by atoms with Crippen LogP contribution in [0.1, 0.15) is 23.2 Å². The number of fused-ring (bicyclic) bond motifs is 1. The molecule has 3 aromatic rings. The van der Waals surface area contributed by atoms with Crippen LogP contribution >= 0.6 is 0 Å². The summed E-state index contributed by atoms with van der Waals surface area (Å²) in [5.41, 5.74) is 9.85. The minimum absolute atomic E-state index is 0.0227. The zero-order valence-electron chi connectivity index (χ0n) is 13.4. The highest BCUT2D eigenvalue weighted by atomic mass is 19.3. The molecule has 0 radical (unpaired) electrons. The van der Waals surface area contributed by atoms with Crippen LogP contribution in [0, 0.1) is 12.8 Å². The van der Waals surface area contributed by atoms with Gasteiger partial charge in [-0.1, -0.05) is 6.07 Å². The van der Waals surface area contributed by atoms with Crippen molar-refractivity contribution in [1.29, 1.82) is 0 Å². The molecule has 0 saturated heterocycles. The number of anilines is 1. The monoisotopic (exact) mass is 347 g/mol. The van der Waals surface area contributed by atoms with Gasteiger partial charge in [-0.3, -0.25) is 0 Å². The molecular weight excluding hydrogens is 332 g/mol. The van der Waals surface area contributed by atoms with Gasteiger partial charge in [-0.2, -0.15) is 0 Å². The van der Waals surface area contributed by atoms with E-state index in [1.165, 1.54) is 0 Å². The Hall–Kier alpha value is -2.84. The second-order valence-corrected chi connectivity index (χ2v) is 6.18. The Bertz CT molecular complexity index is 926. The van der Waals surface area contributed by atoms with Gasteiger partial charge in [0.2, 0.25) is 11.5 Å². The van der Waals surface area contributed by atoms with E-state index in [1.54, 1.807) is 12.3 Å². The highest BCUT2D eigenvalue weighted by Gasteiger charge is 2.57. The minimum Gasteiger partial charge on any atom is -0.477 e. The first-order valence-corrected chi connectivity index (χ1v) is 7.77. The molecule has 0 spiro atoms. The predicted octanol–water partition coefficient (Wildman–Crippen LogP) is 2.53. The van der Waals surface area contributed by atoms with Crippen LogP contribution in [-0.2, 0) is 6.42 Å². The number of nitrogen functional groups attached to an aromatic ring is 1. The molecule has 1 fully saturated rings. The lowest BCUT2D eigenvalue weighted by atomic mass is 10.0. The zero-order valence-corrected chi connectivity index (χ0v) is 13.4. The summed E-state index contributed by atoms with van der Waals surface area (Å²) >= 11 is 0. The second kappa shape index (κ2) is 5.61. The summed E-state index contributed by atoms with van der Waals surface area (Å²) in [6.07, 6.45) is 2.02. The maximum Gasteiger partial charge on any atom is 0.255 e. The number of ether oxygens (including phenoxy) is 1. The van der Waals surface area contributed by atoms with Crippen molar-refractivity contribution < 1.29 is 18.1 Å². The first-order valence-electron chi connectivity index (χ1n) is 7.77. The molecule has 1 atom stereocenters. The number of hydrogen-bond donors (Lipinski definition) is 1. The fourth-order valence-electron chi connectivity index (χ4n) is 2.66. The van der Waals surface area contributed by atoms with E-state index in [9.17, 15) is 8.78 Å². The summed E-state index contributed by atoms with van der Waals surface area (Å²) in [6.45, 7) is 1.81. The summed E-state index contributed by atoms with van der Waals surface area (Å²) in [5, 5.41) is 7.45. The number of aromatic nitrogens is 4. The fourth-order valence-corrected chi connectivity index (χ4v) is 2.66. The topological polar surface area (TPSA) is 100.0 Å². The lowest BCUT2D eigenvalue weighted by molar-refractivity contribution is 0.0849. The van der Waals surface area contributed by atoms with Gasteiger partial charge in [0.25, 0.3) is 5.92 Å². The number of nitrogens with two attached hydrogens (primary N) is 1. The van der Waals surface area contributed by atoms with Gasteiger partial charge in [0, 0.05) is 36.4 Å². The lowest BCUT2D eigenvalue weighted by Crippen LogP contribution is -2.07. The summed E-state index contributed by atoms with van der Waals surface area (Å²) in [6, 6.07) is 3.47. The van der Waals surface area contributed by atoms with E-state index >= 15 is 0 Å². The van der Waals surface area contributed by atoms with E-state index < -0.39 is 11.8 Å². The van der Waals surface area contributed by atoms with E-state index in [0.29, 0.717) is 29.2 Å². The van der Waals surface area contributed by atoms with Crippen molar-refractivity contribution in [3.63, 3.8) is 0 Å². The van der Waals surface area contributed by atoms with Gasteiger partial charge in [-0.05, 0) is 22.8 Å². The number of halogens is 2. The zero-order chi connectivity index (χ0) is 17.6. The molecule has 0 aliphatic heterocycles. The van der Waals surface area contributed by atoms with Gasteiger partial charge >= 0.3 is 0 Å². The van der Waals surface area contributed by atoms with Crippen LogP contribution in [0.25, 0.3) is 11.2 Å². The molecule has 130 valence electrons. The van der Waals surface area contributed by atoms with E-state index in [2.05, 4.69) is 24.9 Å². The Morgan fingerprint density at radius 1 is 1.36 bits per heavy atom. The van der Waals surface area contributed by atoms with Crippen LogP contribution in [-0.4, -0.2) is 32.8 Å². The number of aryl methyl sites for hydroxylation is 1. The maximum atomic E-state index is 12.8. The number of rotatable bonds is 5. The van der Waals surface area contributed by atoms with Crippen molar-refractivity contribution >= 4 is 16.9 Å². The predicted molar refractivity (Wildman–Crippen MR) is 84.3 cm³/mol. The van der Waals surface area contributed by atoms with Crippen molar-refractivity contribution in [2.24, 2.45) is 5.92 Å². The van der Waals surface area contributed by atoms with Gasteiger partial charge in [-0.25, -0.2) is 23.4 Å². The van der Waals surface area contributed by atoms with Crippen LogP contribution < -0.4 is 10.5 Å². The van der Waals surface area contributed by atoms with Crippen molar-refractivity contribution in [2.45, 2.75) is 25.7 Å². The van der Waals surface area contributed by atoms with Gasteiger partial charge in [-0.15, -0.1) is 0 Å². The molecule has 1 unspecified atom stereocenters. The Morgan fingerprint density at radius 2 is 2.16 bits per heavy atom. The molecule has 2 N–H and O–H groups in total. The van der Waals surface area contributed by atoms with Crippen molar-refractivity contribution in [1.82, 2.24) is 20.3 Å². The van der Waals surface area contributed by atoms with E-state index in [-0.39, 0.29) is 13.0 Å². The van der Waals surface area contributed by atoms with Gasteiger partial charge in [0.05, 0.1) is 18.2 Å². The van der Waals surface area contributed by atoms with Crippen LogP contribution in [0.4, 0.5) is 14.5 Å². The van der Waals surface area contributed by atoms with Crippen LogP contribution in [0.3, 0.4) is 0 Å². The molecule has 4 rings (SSSR count). The molecule has 3 aromatic heterocycles. The molecule has 0 aromatic carbocycles. The molecule has 0 bridgehead atoms. The van der Waals surface area contributed by atoms with Crippen LogP contribution in [0.15, 0.2) is 23.0 Å². The van der Waals surface area contributed by atoms with Crippen molar-refractivity contribution in [3.05, 3.63) is 35.2 Å². The summed E-state index contributed by atoms with van der Waals surface area (Å²) < 4.78 is 35.6. The summed E-state index contributed by atoms with van der Waals surface area (Å²) in [5.74, 6) is -2.97. The number of hydrogen-bond acceptors (Lipinski definition) is 7. The Balaban J connectivity index is 1.48. The minimum atomic E-state index is -2.59. The fraction of sp³-hybridized carbons (Fsp3) is 0.375. The summed E-state index contributed by atoms with van der Waals surface area (Å²) in [4.78, 5) is 8.48. The molecule has 9 heteroatoms. The van der Waals surface area contributed by atoms with Crippen molar-refractivity contribution in [2.75, 3.05) is 12.3 Å². The second-order valence-electron chi connectivity index (χ2n) is 6.18. The molecule has 25 heavy (non-hydrogen) atoms. The molecule has 1 aliphatic rings. The third-order valence-corrected chi connectivity index (χ3v) is 4.33. The van der Waals surface area contributed by atoms with Crippen LogP contribution in [0.5, 0.6) is 5.88 Å². The SMILES string of the molecule is Cc1nc2nonc2c(N)c1Cc1ccc(OCC2CC2(F)F)nc1. The standard InChI is InChI=1S/C16H15F2N5O2/c1-8-11(13(19)14-15(21-8)23-25-22-14)4-9-2-3-12(20-6-9)24-7-10-5-16(10,17)18/h2-3,6,10H,4-5,7,19H2,1H3. The lowest BCUT2D eigenvalue weighted by Gasteiger charge is -2.09. The summed E-state index contributed by atoms with van der Waals surface area (Å²) in [7, 11) is 0. The normalized spacial score (nSPS) is 18.4. The quantitative estimate of drug-likeness (QED) is 0.757. The van der Waals surface area contributed by atoms with E-state index in [1.807, 2.05) is 13.0 Å². The molecule has 1 aliphatic carbocycles. The van der Waals surface area contributed by atoms with Gasteiger partial charge < -0.3 is 10.5 Å². The Kier molecular flexibility index (Phi) is 3.52. The third-order valence-electron chi connectivity index (χ3n) is 4.33. The molecule has 3 heterocycles. The Labute approximate surface area is 141 Å². The van der Waals surface area contributed by atoms with E-state index in [4.69, 9.17) is 10.5 Å². The first kappa shape index (κ1) is 15.7. The maximum absolute atomic E-state index is 12.8. The third kappa shape index (κ3) is 2.97. The average molecular weight is 347 g/mol. The average Bonchev–Trinajstić information content (AvgIpc) is 2.96. The smallest absolute Gasteiger partial charge is 0.255 e.